The number of rotatable bonds is 11. The smallest absolute Gasteiger partial charge is 0.137 e. The van der Waals surface area contributed by atoms with Crippen molar-refractivity contribution < 1.29 is 0 Å². The molecule has 0 atom stereocenters. The number of hydrogen-bond acceptors (Lipinski definition) is 7. The molecule has 0 unspecified atom stereocenters. The average Bonchev–Trinajstić information content (AvgIpc) is 3.48. The maximum atomic E-state index is 6.42. The lowest BCUT2D eigenvalue weighted by atomic mass is 9.98. The van der Waals surface area contributed by atoms with E-state index in [1.807, 2.05) is 49.1 Å². The first-order chi connectivity index (χ1) is 15.8. The monoisotopic (exact) mass is 445 g/mol. The Morgan fingerprint density at radius 2 is 2.21 bits per heavy atom. The minimum absolute atomic E-state index is 0.0818. The van der Waals surface area contributed by atoms with Gasteiger partial charge >= 0.3 is 0 Å². The van der Waals surface area contributed by atoms with Gasteiger partial charge in [-0.1, -0.05) is 13.2 Å². The normalized spacial score (nSPS) is 12.6. The van der Waals surface area contributed by atoms with Crippen molar-refractivity contribution in [1.29, 1.82) is 0 Å². The van der Waals surface area contributed by atoms with Gasteiger partial charge in [-0.15, -0.1) is 0 Å². The summed E-state index contributed by atoms with van der Waals surface area (Å²) in [6.07, 6.45) is 12.3. The van der Waals surface area contributed by atoms with Crippen molar-refractivity contribution in [2.75, 3.05) is 6.54 Å². The number of aromatic amines is 1. The highest BCUT2D eigenvalue weighted by Gasteiger charge is 2.12. The highest BCUT2D eigenvalue weighted by atomic mass is 15.4. The van der Waals surface area contributed by atoms with Crippen LogP contribution >= 0.6 is 0 Å². The van der Waals surface area contributed by atoms with E-state index in [0.29, 0.717) is 35.8 Å². The molecule has 0 amide bonds. The third-order valence-electron chi connectivity index (χ3n) is 4.97. The largest absolute Gasteiger partial charge is 0.398 e. The molecule has 0 bridgehead atoms. The minimum Gasteiger partial charge on any atom is -0.398 e. The molecule has 0 saturated heterocycles. The van der Waals surface area contributed by atoms with E-state index in [1.54, 1.807) is 35.9 Å². The Bertz CT molecular complexity index is 1180. The summed E-state index contributed by atoms with van der Waals surface area (Å²) < 4.78 is 1.83. The summed E-state index contributed by atoms with van der Waals surface area (Å²) in [6, 6.07) is 5.94. The van der Waals surface area contributed by atoms with Gasteiger partial charge in [-0.3, -0.25) is 4.68 Å². The Kier molecular flexibility index (Phi) is 7.82. The average molecular weight is 446 g/mol. The zero-order chi connectivity index (χ0) is 23.8. The van der Waals surface area contributed by atoms with Crippen molar-refractivity contribution in [3.63, 3.8) is 0 Å². The van der Waals surface area contributed by atoms with Gasteiger partial charge in [0.2, 0.25) is 0 Å². The van der Waals surface area contributed by atoms with Crippen molar-refractivity contribution in [2.45, 2.75) is 26.4 Å². The molecule has 3 aromatic heterocycles. The highest BCUT2D eigenvalue weighted by molar-refractivity contribution is 5.88. The van der Waals surface area contributed by atoms with E-state index in [0.717, 1.165) is 16.6 Å². The van der Waals surface area contributed by atoms with Crippen LogP contribution in [0.4, 0.5) is 0 Å². The summed E-state index contributed by atoms with van der Waals surface area (Å²) in [5.74, 6) is 6.69. The van der Waals surface area contributed by atoms with Crippen LogP contribution in [0.25, 0.3) is 16.6 Å². The van der Waals surface area contributed by atoms with Crippen LogP contribution in [0.5, 0.6) is 0 Å². The third-order valence-corrected chi connectivity index (χ3v) is 4.97. The van der Waals surface area contributed by atoms with Gasteiger partial charge < -0.3 is 21.0 Å². The number of hydrogen-bond donors (Lipinski definition) is 4. The predicted octanol–water partition coefficient (Wildman–Crippen LogP) is 2.92. The van der Waals surface area contributed by atoms with Crippen LogP contribution in [0.15, 0.2) is 90.5 Å². The number of nitrogens with two attached hydrogens (primary N) is 2. The molecule has 0 aliphatic carbocycles. The molecular weight excluding hydrogens is 414 g/mol. The van der Waals surface area contributed by atoms with Crippen LogP contribution in [0.2, 0.25) is 0 Å². The van der Waals surface area contributed by atoms with Crippen LogP contribution in [0.3, 0.4) is 0 Å². The van der Waals surface area contributed by atoms with E-state index in [1.165, 1.54) is 0 Å². The third kappa shape index (κ3) is 6.44. The van der Waals surface area contributed by atoms with Crippen LogP contribution in [-0.4, -0.2) is 43.6 Å². The molecule has 0 fully saturated rings. The van der Waals surface area contributed by atoms with Crippen molar-refractivity contribution in [3.05, 3.63) is 91.1 Å². The van der Waals surface area contributed by atoms with E-state index in [9.17, 15) is 0 Å². The van der Waals surface area contributed by atoms with E-state index in [-0.39, 0.29) is 6.04 Å². The van der Waals surface area contributed by atoms with Gasteiger partial charge in [-0.05, 0) is 43.7 Å². The molecule has 172 valence electrons. The molecule has 0 spiro atoms. The number of fused-ring (bicyclic) bond motifs is 1. The van der Waals surface area contributed by atoms with Crippen molar-refractivity contribution >= 4 is 22.8 Å². The minimum atomic E-state index is 0.0818. The zero-order valence-electron chi connectivity index (χ0n) is 19.1. The fourth-order valence-electron chi connectivity index (χ4n) is 2.98. The summed E-state index contributed by atoms with van der Waals surface area (Å²) in [5, 5.41) is 9.88. The molecule has 3 aromatic rings. The van der Waals surface area contributed by atoms with Gasteiger partial charge in [-0.2, -0.15) is 5.10 Å². The van der Waals surface area contributed by atoms with Gasteiger partial charge in [0.25, 0.3) is 0 Å². The standard InChI is InChI=1S/C24H31N9/c1-17(2)33(26)16-22(18(3)21-14-20-6-9-29-24(20)30-15-21)23(25)7-10-27-19(4)28-11-13-32-12-5-8-31-32/h5-10,12,14-17,28H,3-4,11,13,25-26H2,1-2H3,(H,29,30)/b22-16+,23-7-,27-10-. The lowest BCUT2D eigenvalue weighted by Gasteiger charge is -2.21. The first kappa shape index (κ1) is 23.6. The van der Waals surface area contributed by atoms with E-state index in [4.69, 9.17) is 11.6 Å². The topological polar surface area (TPSA) is 126 Å². The summed E-state index contributed by atoms with van der Waals surface area (Å²) in [4.78, 5) is 11.8. The zero-order valence-corrected chi connectivity index (χ0v) is 19.1. The SMILES string of the molecule is C=C(\N=C/C=C(N)/C(=C/N(N)C(C)C)C(=C)c1cnc2[nH]ccc2c1)NCCn1cccn1. The summed E-state index contributed by atoms with van der Waals surface area (Å²) in [5.41, 5.74) is 9.95. The first-order valence-corrected chi connectivity index (χ1v) is 10.6. The van der Waals surface area contributed by atoms with Gasteiger partial charge in [0.05, 0.1) is 6.54 Å². The summed E-state index contributed by atoms with van der Waals surface area (Å²) in [7, 11) is 0. The molecule has 0 aromatic carbocycles. The van der Waals surface area contributed by atoms with Gasteiger partial charge in [0.1, 0.15) is 11.5 Å². The van der Waals surface area contributed by atoms with Crippen molar-refractivity contribution in [1.82, 2.24) is 30.1 Å². The molecule has 33 heavy (non-hydrogen) atoms. The Labute approximate surface area is 193 Å². The van der Waals surface area contributed by atoms with Gasteiger partial charge in [0.15, 0.2) is 0 Å². The molecule has 0 aliphatic rings. The van der Waals surface area contributed by atoms with Crippen LogP contribution in [0.1, 0.15) is 19.4 Å². The number of nitrogens with one attached hydrogen (secondary N) is 2. The maximum absolute atomic E-state index is 6.42. The molecule has 9 nitrogen and oxygen atoms in total. The number of hydrazine groups is 1. The second kappa shape index (κ2) is 11.0. The number of H-pyrrole nitrogens is 1. The molecule has 0 radical (unpaired) electrons. The molecule has 3 heterocycles. The maximum Gasteiger partial charge on any atom is 0.137 e. The summed E-state index contributed by atoms with van der Waals surface area (Å²) >= 11 is 0. The summed E-state index contributed by atoms with van der Waals surface area (Å²) in [6.45, 7) is 13.5. The molecule has 0 aliphatic heterocycles. The lowest BCUT2D eigenvalue weighted by Crippen LogP contribution is -2.33. The molecule has 0 saturated carbocycles. The first-order valence-electron chi connectivity index (χ1n) is 10.6. The highest BCUT2D eigenvalue weighted by Crippen LogP contribution is 2.27. The van der Waals surface area contributed by atoms with E-state index < -0.39 is 0 Å². The lowest BCUT2D eigenvalue weighted by molar-refractivity contribution is 0.321. The second-order valence-electron chi connectivity index (χ2n) is 7.74. The van der Waals surface area contributed by atoms with Gasteiger partial charge in [-0.25, -0.2) is 15.8 Å². The van der Waals surface area contributed by atoms with E-state index >= 15 is 0 Å². The number of pyridine rings is 1. The number of nitrogens with zero attached hydrogens (tertiary/aromatic N) is 5. The van der Waals surface area contributed by atoms with Gasteiger partial charge in [0, 0.05) is 72.0 Å². The Hall–Kier alpha value is -4.11. The second-order valence-corrected chi connectivity index (χ2v) is 7.74. The van der Waals surface area contributed by atoms with Crippen LogP contribution < -0.4 is 16.9 Å². The fraction of sp³-hybridized carbons (Fsp3) is 0.208. The Balaban J connectivity index is 1.73. The Morgan fingerprint density at radius 3 is 2.94 bits per heavy atom. The van der Waals surface area contributed by atoms with Crippen molar-refractivity contribution in [2.24, 2.45) is 16.6 Å². The predicted molar refractivity (Wildman–Crippen MR) is 135 cm³/mol. The quantitative estimate of drug-likeness (QED) is 0.156. The van der Waals surface area contributed by atoms with E-state index in [2.05, 4.69) is 38.5 Å². The van der Waals surface area contributed by atoms with Crippen LogP contribution in [0, 0.1) is 0 Å². The number of aliphatic imine (C=N–C) groups is 1. The number of aromatic nitrogens is 4. The molecular formula is C24H31N9. The number of allylic oxidation sites excluding steroid dienone is 2. The fourth-order valence-corrected chi connectivity index (χ4v) is 2.98. The Morgan fingerprint density at radius 1 is 1.39 bits per heavy atom. The molecule has 3 rings (SSSR count). The van der Waals surface area contributed by atoms with Crippen molar-refractivity contribution in [3.8, 4) is 0 Å². The molecule has 9 heteroatoms. The van der Waals surface area contributed by atoms with Crippen LogP contribution in [-0.2, 0) is 6.54 Å². The molecule has 6 N–H and O–H groups in total.